The minimum Gasteiger partial charge on any atom is -0.480 e. The van der Waals surface area contributed by atoms with Crippen LogP contribution in [-0.4, -0.2) is 109 Å². The summed E-state index contributed by atoms with van der Waals surface area (Å²) >= 11 is 6.17. The molecule has 4 aliphatic rings. The molecule has 1 spiro atoms. The number of alkyl halides is 1. The molecule has 40 heavy (non-hydrogen) atoms. The maximum absolute atomic E-state index is 12.8. The fourth-order valence-electron chi connectivity index (χ4n) is 5.82. The van der Waals surface area contributed by atoms with Gasteiger partial charge in [-0.15, -0.1) is 0 Å². The van der Waals surface area contributed by atoms with E-state index in [0.29, 0.717) is 25.9 Å². The molecule has 1 aliphatic carbocycles. The number of nitrogens with zero attached hydrogens (tertiary/aromatic N) is 1. The van der Waals surface area contributed by atoms with Gasteiger partial charge in [-0.2, -0.15) is 0 Å². The third-order valence-electron chi connectivity index (χ3n) is 8.02. The van der Waals surface area contributed by atoms with Crippen LogP contribution in [0.15, 0.2) is 11.6 Å². The van der Waals surface area contributed by atoms with Crippen molar-refractivity contribution < 1.29 is 52.6 Å². The molecule has 1 saturated carbocycles. The van der Waals surface area contributed by atoms with Gasteiger partial charge in [-0.05, 0) is 47.0 Å². The second-order valence-electron chi connectivity index (χ2n) is 11.4. The molecular formula is C27H40ClNO11. The number of likely N-dealkylation sites (tertiary alicyclic amines) is 1. The van der Waals surface area contributed by atoms with Crippen LogP contribution in [0.2, 0.25) is 0 Å². The topological polar surface area (TPSA) is 146 Å². The third-order valence-corrected chi connectivity index (χ3v) is 8.26. The van der Waals surface area contributed by atoms with E-state index in [1.165, 1.54) is 4.90 Å². The Morgan fingerprint density at radius 3 is 2.52 bits per heavy atom. The summed E-state index contributed by atoms with van der Waals surface area (Å²) in [5.74, 6) is -1.19. The standard InChI is InChI=1S/C27H40ClNO11/c1-15(2)37-25(33)39-20(28)10-16(3)6-7-19-26(4,40-19)23-22(34-5)18(8-9-27(23)14-36-27)38-24(32)29-11-17(12-29)35-13-21(30)31/h6,15,17-20,22-23H,7-14H2,1-5H3,(H,30,31)/b16-6+/t18-,19?,20?,22-,23-,26+,27+/m1/s1. The lowest BCUT2D eigenvalue weighted by Crippen LogP contribution is -2.59. The van der Waals surface area contributed by atoms with Crippen molar-refractivity contribution in [2.75, 3.05) is 33.4 Å². The summed E-state index contributed by atoms with van der Waals surface area (Å²) in [6.07, 6.45) is 1.47. The van der Waals surface area contributed by atoms with Crippen LogP contribution >= 0.6 is 11.6 Å². The molecule has 3 saturated heterocycles. The molecule has 1 N–H and O–H groups in total. The highest BCUT2D eigenvalue weighted by atomic mass is 35.5. The predicted octanol–water partition coefficient (Wildman–Crippen LogP) is 3.48. The largest absolute Gasteiger partial charge is 0.510 e. The summed E-state index contributed by atoms with van der Waals surface area (Å²) < 4.78 is 39.3. The Kier molecular flexibility index (Phi) is 9.56. The minimum absolute atomic E-state index is 0.0937. The summed E-state index contributed by atoms with van der Waals surface area (Å²) in [7, 11) is 1.61. The number of rotatable bonds is 12. The van der Waals surface area contributed by atoms with Crippen molar-refractivity contribution in [2.24, 2.45) is 5.92 Å². The highest BCUT2D eigenvalue weighted by molar-refractivity contribution is 6.20. The second-order valence-corrected chi connectivity index (χ2v) is 11.9. The van der Waals surface area contributed by atoms with Crippen LogP contribution in [0.3, 0.4) is 0 Å². The van der Waals surface area contributed by atoms with Crippen LogP contribution in [-0.2, 0) is 38.0 Å². The Balaban J connectivity index is 1.31. The normalized spacial score (nSPS) is 34.3. The molecular weight excluding hydrogens is 550 g/mol. The van der Waals surface area contributed by atoms with E-state index in [0.717, 1.165) is 12.0 Å². The number of epoxide rings is 2. The zero-order chi connectivity index (χ0) is 29.2. The molecule has 4 rings (SSSR count). The molecule has 0 aromatic rings. The number of carboxylic acid groups (broad SMARTS) is 1. The van der Waals surface area contributed by atoms with Crippen LogP contribution in [0, 0.1) is 5.92 Å². The van der Waals surface area contributed by atoms with E-state index in [1.807, 2.05) is 19.9 Å². The molecule has 3 aliphatic heterocycles. The predicted molar refractivity (Wildman–Crippen MR) is 140 cm³/mol. The number of carboxylic acids is 1. The first kappa shape index (κ1) is 30.8. The molecule has 2 unspecified atom stereocenters. The van der Waals surface area contributed by atoms with Crippen molar-refractivity contribution in [2.45, 2.75) is 101 Å². The number of carbonyl (C=O) groups is 3. The molecule has 4 fully saturated rings. The number of halogens is 1. The summed E-state index contributed by atoms with van der Waals surface area (Å²) in [6.45, 7) is 8.20. The van der Waals surface area contributed by atoms with Crippen molar-refractivity contribution in [3.05, 3.63) is 11.6 Å². The van der Waals surface area contributed by atoms with E-state index in [9.17, 15) is 14.4 Å². The Bertz CT molecular complexity index is 980. The molecule has 0 aromatic carbocycles. The van der Waals surface area contributed by atoms with Crippen LogP contribution < -0.4 is 0 Å². The maximum atomic E-state index is 12.8. The molecule has 0 radical (unpaired) electrons. The lowest BCUT2D eigenvalue weighted by molar-refractivity contribution is -0.149. The Hall–Kier alpha value is -2.12. The van der Waals surface area contributed by atoms with Gasteiger partial charge in [-0.25, -0.2) is 14.4 Å². The van der Waals surface area contributed by atoms with Crippen molar-refractivity contribution in [1.82, 2.24) is 4.90 Å². The van der Waals surface area contributed by atoms with Gasteiger partial charge in [0.15, 0.2) is 5.56 Å². The van der Waals surface area contributed by atoms with Crippen LogP contribution in [0.1, 0.15) is 53.4 Å². The Labute approximate surface area is 239 Å². The number of hydrogen-bond donors (Lipinski definition) is 1. The first-order valence-corrected chi connectivity index (χ1v) is 14.1. The lowest BCUT2D eigenvalue weighted by Gasteiger charge is -2.44. The molecule has 12 nitrogen and oxygen atoms in total. The number of carbonyl (C=O) groups excluding carboxylic acids is 2. The van der Waals surface area contributed by atoms with E-state index in [1.54, 1.807) is 21.0 Å². The lowest BCUT2D eigenvalue weighted by atomic mass is 9.68. The molecule has 7 atom stereocenters. The van der Waals surface area contributed by atoms with Crippen molar-refractivity contribution in [3.63, 3.8) is 0 Å². The summed E-state index contributed by atoms with van der Waals surface area (Å²) in [4.78, 5) is 36.6. The van der Waals surface area contributed by atoms with Gasteiger partial charge in [0.25, 0.3) is 0 Å². The van der Waals surface area contributed by atoms with E-state index >= 15 is 0 Å². The van der Waals surface area contributed by atoms with E-state index in [-0.39, 0.29) is 42.9 Å². The zero-order valence-corrected chi connectivity index (χ0v) is 24.4. The van der Waals surface area contributed by atoms with Crippen LogP contribution in [0.5, 0.6) is 0 Å². The molecule has 13 heteroatoms. The Morgan fingerprint density at radius 2 is 1.93 bits per heavy atom. The van der Waals surface area contributed by atoms with Gasteiger partial charge in [0, 0.05) is 13.5 Å². The van der Waals surface area contributed by atoms with Gasteiger partial charge in [0.1, 0.15) is 30.0 Å². The van der Waals surface area contributed by atoms with Crippen LogP contribution in [0.25, 0.3) is 0 Å². The fourth-order valence-corrected chi connectivity index (χ4v) is 6.14. The summed E-state index contributed by atoms with van der Waals surface area (Å²) in [5, 5.41) is 8.75. The van der Waals surface area contributed by atoms with Crippen LogP contribution in [0.4, 0.5) is 9.59 Å². The van der Waals surface area contributed by atoms with Gasteiger partial charge in [0.05, 0.1) is 43.9 Å². The fraction of sp³-hybridized carbons (Fsp3) is 0.815. The third kappa shape index (κ3) is 7.20. The SMILES string of the molecule is CO[C@@H]1[C@H](OC(=O)N2CC(OCC(=O)O)C2)CC[C@]2(CO2)[C@H]1[C@@]1(C)OC1C/C=C(\C)CC(Cl)OC(=O)OC(C)C. The zero-order valence-electron chi connectivity index (χ0n) is 23.6. The first-order valence-electron chi connectivity index (χ1n) is 13.7. The van der Waals surface area contributed by atoms with E-state index in [2.05, 4.69) is 0 Å². The average Bonchev–Trinajstić information content (AvgIpc) is 3.74. The van der Waals surface area contributed by atoms with Gasteiger partial charge >= 0.3 is 18.2 Å². The van der Waals surface area contributed by atoms with Crippen molar-refractivity contribution in [3.8, 4) is 0 Å². The van der Waals surface area contributed by atoms with Gasteiger partial charge in [-0.3, -0.25) is 0 Å². The van der Waals surface area contributed by atoms with E-state index in [4.69, 9.17) is 49.9 Å². The smallest absolute Gasteiger partial charge is 0.480 e. The number of hydrogen-bond acceptors (Lipinski definition) is 10. The number of amides is 1. The first-order chi connectivity index (χ1) is 18.9. The van der Waals surface area contributed by atoms with Gasteiger partial charge in [0.2, 0.25) is 0 Å². The number of ether oxygens (including phenoxy) is 7. The minimum atomic E-state index is -1.05. The molecule has 0 bridgehead atoms. The monoisotopic (exact) mass is 589 g/mol. The summed E-state index contributed by atoms with van der Waals surface area (Å²) in [6, 6.07) is 0. The highest BCUT2D eigenvalue weighted by Gasteiger charge is 2.72. The van der Waals surface area contributed by atoms with Crippen molar-refractivity contribution in [1.29, 1.82) is 0 Å². The maximum Gasteiger partial charge on any atom is 0.510 e. The number of aliphatic carboxylic acids is 1. The molecule has 3 heterocycles. The van der Waals surface area contributed by atoms with Gasteiger partial charge in [-0.1, -0.05) is 23.3 Å². The van der Waals surface area contributed by atoms with Crippen molar-refractivity contribution >= 4 is 29.8 Å². The van der Waals surface area contributed by atoms with Gasteiger partial charge < -0.3 is 43.2 Å². The number of methoxy groups -OCH3 is 1. The highest BCUT2D eigenvalue weighted by Crippen LogP contribution is 2.59. The Morgan fingerprint density at radius 1 is 1.23 bits per heavy atom. The molecule has 0 aromatic heterocycles. The van der Waals surface area contributed by atoms with E-state index < -0.39 is 48.2 Å². The summed E-state index contributed by atoms with van der Waals surface area (Å²) in [5.41, 5.74) is -0.797. The second kappa shape index (κ2) is 12.4. The molecule has 1 amide bonds. The quantitative estimate of drug-likeness (QED) is 0.154. The molecule has 226 valence electrons. The average molecular weight is 590 g/mol.